The van der Waals surface area contributed by atoms with Gasteiger partial charge in [-0.15, -0.1) is 0 Å². The van der Waals surface area contributed by atoms with Crippen LogP contribution in [-0.4, -0.2) is 24.2 Å². The summed E-state index contributed by atoms with van der Waals surface area (Å²) in [5.41, 5.74) is 6.65. The molecular formula is C11H14N2OS. The van der Waals surface area contributed by atoms with Gasteiger partial charge in [-0.2, -0.15) is 0 Å². The Morgan fingerprint density at radius 3 is 3.07 bits per heavy atom. The van der Waals surface area contributed by atoms with Crippen molar-refractivity contribution in [2.75, 3.05) is 18.0 Å². The van der Waals surface area contributed by atoms with E-state index in [-0.39, 0.29) is 6.10 Å². The van der Waals surface area contributed by atoms with Gasteiger partial charge < -0.3 is 15.4 Å². The third-order valence-electron chi connectivity index (χ3n) is 2.36. The normalized spacial score (nSPS) is 19.3. The quantitative estimate of drug-likeness (QED) is 0.771. The molecule has 0 aromatic heterocycles. The Morgan fingerprint density at radius 1 is 1.60 bits per heavy atom. The predicted octanol–water partition coefficient (Wildman–Crippen LogP) is 1.56. The molecule has 3 nitrogen and oxygen atoms in total. The van der Waals surface area contributed by atoms with Gasteiger partial charge in [-0.05, 0) is 19.1 Å². The van der Waals surface area contributed by atoms with E-state index in [1.165, 1.54) is 0 Å². The number of anilines is 1. The summed E-state index contributed by atoms with van der Waals surface area (Å²) < 4.78 is 5.72. The molecular weight excluding hydrogens is 208 g/mol. The highest BCUT2D eigenvalue weighted by Gasteiger charge is 2.22. The Morgan fingerprint density at radius 2 is 2.33 bits per heavy atom. The van der Waals surface area contributed by atoms with Gasteiger partial charge in [0, 0.05) is 0 Å². The molecule has 1 unspecified atom stereocenters. The minimum Gasteiger partial charge on any atom is -0.487 e. The summed E-state index contributed by atoms with van der Waals surface area (Å²) in [6.07, 6.45) is 0.175. The van der Waals surface area contributed by atoms with Crippen LogP contribution in [0.3, 0.4) is 0 Å². The highest BCUT2D eigenvalue weighted by molar-refractivity contribution is 7.80. The molecule has 80 valence electrons. The van der Waals surface area contributed by atoms with E-state index in [2.05, 4.69) is 4.90 Å². The average molecular weight is 222 g/mol. The van der Waals surface area contributed by atoms with Crippen LogP contribution in [0.2, 0.25) is 0 Å². The molecule has 0 aliphatic carbocycles. The van der Waals surface area contributed by atoms with E-state index >= 15 is 0 Å². The molecule has 0 bridgehead atoms. The van der Waals surface area contributed by atoms with Crippen molar-refractivity contribution in [2.24, 2.45) is 5.73 Å². The summed E-state index contributed by atoms with van der Waals surface area (Å²) in [7, 11) is 0. The molecule has 0 saturated heterocycles. The van der Waals surface area contributed by atoms with Crippen molar-refractivity contribution in [3.05, 3.63) is 24.3 Å². The van der Waals surface area contributed by atoms with E-state index in [1.54, 1.807) is 0 Å². The first-order valence-corrected chi connectivity index (χ1v) is 5.36. The maximum atomic E-state index is 5.72. The number of hydrogen-bond acceptors (Lipinski definition) is 3. The van der Waals surface area contributed by atoms with Crippen LogP contribution >= 0.6 is 12.2 Å². The summed E-state index contributed by atoms with van der Waals surface area (Å²) in [5.74, 6) is 0.910. The molecule has 15 heavy (non-hydrogen) atoms. The van der Waals surface area contributed by atoms with Gasteiger partial charge >= 0.3 is 0 Å². The van der Waals surface area contributed by atoms with Crippen molar-refractivity contribution < 1.29 is 4.74 Å². The summed E-state index contributed by atoms with van der Waals surface area (Å²) >= 11 is 4.94. The average Bonchev–Trinajstić information content (AvgIpc) is 2.16. The van der Waals surface area contributed by atoms with Gasteiger partial charge in [-0.3, -0.25) is 0 Å². The van der Waals surface area contributed by atoms with Gasteiger partial charge in [-0.1, -0.05) is 24.4 Å². The van der Waals surface area contributed by atoms with Crippen LogP contribution in [0.1, 0.15) is 6.92 Å². The lowest BCUT2D eigenvalue weighted by Crippen LogP contribution is -2.42. The SMILES string of the molecule is CC1CN(CC(N)=S)c2ccccc2O1. The molecule has 1 aliphatic rings. The van der Waals surface area contributed by atoms with Crippen LogP contribution in [0.25, 0.3) is 0 Å². The van der Waals surface area contributed by atoms with E-state index in [9.17, 15) is 0 Å². The van der Waals surface area contributed by atoms with Crippen LogP contribution in [0.4, 0.5) is 5.69 Å². The number of nitrogens with two attached hydrogens (primary N) is 1. The number of thiocarbonyl (C=S) groups is 1. The molecule has 0 radical (unpaired) electrons. The zero-order valence-electron chi connectivity index (χ0n) is 8.64. The number of hydrogen-bond donors (Lipinski definition) is 1. The molecule has 0 amide bonds. The summed E-state index contributed by atoms with van der Waals surface area (Å²) in [5, 5.41) is 0. The lowest BCUT2D eigenvalue weighted by molar-refractivity contribution is 0.214. The van der Waals surface area contributed by atoms with Gasteiger partial charge in [0.2, 0.25) is 0 Å². The summed E-state index contributed by atoms with van der Waals surface area (Å²) in [4.78, 5) is 2.67. The topological polar surface area (TPSA) is 38.5 Å². The third kappa shape index (κ3) is 2.21. The van der Waals surface area contributed by atoms with E-state index in [4.69, 9.17) is 22.7 Å². The van der Waals surface area contributed by atoms with E-state index in [0.717, 1.165) is 18.0 Å². The van der Waals surface area contributed by atoms with Crippen molar-refractivity contribution >= 4 is 22.9 Å². The molecule has 1 atom stereocenters. The number of rotatable bonds is 2. The van der Waals surface area contributed by atoms with Gasteiger partial charge in [0.15, 0.2) is 0 Å². The molecule has 1 aromatic carbocycles. The maximum Gasteiger partial charge on any atom is 0.143 e. The largest absolute Gasteiger partial charge is 0.487 e. The number of benzene rings is 1. The molecule has 1 heterocycles. The molecule has 2 rings (SSSR count). The second kappa shape index (κ2) is 4.06. The smallest absolute Gasteiger partial charge is 0.143 e. The Hall–Kier alpha value is -1.29. The first-order valence-electron chi connectivity index (χ1n) is 4.96. The number of para-hydroxylation sites is 2. The molecule has 0 spiro atoms. The lowest BCUT2D eigenvalue weighted by Gasteiger charge is -2.34. The molecule has 2 N–H and O–H groups in total. The Balaban J connectivity index is 2.29. The van der Waals surface area contributed by atoms with Crippen molar-refractivity contribution in [1.82, 2.24) is 0 Å². The molecule has 0 fully saturated rings. The van der Waals surface area contributed by atoms with Crippen molar-refractivity contribution in [3.8, 4) is 5.75 Å². The minimum absolute atomic E-state index is 0.175. The van der Waals surface area contributed by atoms with Gasteiger partial charge in [0.05, 0.1) is 23.8 Å². The standard InChI is InChI=1S/C11H14N2OS/c1-8-6-13(7-11(12)15)9-4-2-3-5-10(9)14-8/h2-5,8H,6-7H2,1H3,(H2,12,15). The molecule has 0 saturated carbocycles. The fourth-order valence-electron chi connectivity index (χ4n) is 1.82. The van der Waals surface area contributed by atoms with Crippen LogP contribution in [0, 0.1) is 0 Å². The third-order valence-corrected chi connectivity index (χ3v) is 2.49. The monoisotopic (exact) mass is 222 g/mol. The first-order chi connectivity index (χ1) is 7.16. The molecule has 4 heteroatoms. The maximum absolute atomic E-state index is 5.72. The fraction of sp³-hybridized carbons (Fsp3) is 0.364. The Labute approximate surface area is 94.8 Å². The van der Waals surface area contributed by atoms with Crippen LogP contribution in [0.15, 0.2) is 24.3 Å². The van der Waals surface area contributed by atoms with Crippen LogP contribution in [-0.2, 0) is 0 Å². The van der Waals surface area contributed by atoms with E-state index in [0.29, 0.717) is 11.5 Å². The lowest BCUT2D eigenvalue weighted by atomic mass is 10.2. The van der Waals surface area contributed by atoms with Crippen molar-refractivity contribution in [3.63, 3.8) is 0 Å². The van der Waals surface area contributed by atoms with Gasteiger partial charge in [-0.25, -0.2) is 0 Å². The van der Waals surface area contributed by atoms with Gasteiger partial charge in [0.25, 0.3) is 0 Å². The predicted molar refractivity (Wildman–Crippen MR) is 65.5 cm³/mol. The zero-order valence-corrected chi connectivity index (χ0v) is 9.46. The highest BCUT2D eigenvalue weighted by Crippen LogP contribution is 2.32. The van der Waals surface area contributed by atoms with Crippen molar-refractivity contribution in [1.29, 1.82) is 0 Å². The van der Waals surface area contributed by atoms with E-state index in [1.807, 2.05) is 31.2 Å². The number of nitrogens with zero attached hydrogens (tertiary/aromatic N) is 1. The second-order valence-corrected chi connectivity index (χ2v) is 4.27. The second-order valence-electron chi connectivity index (χ2n) is 3.74. The Bertz CT molecular complexity index is 381. The number of ether oxygens (including phenoxy) is 1. The summed E-state index contributed by atoms with van der Waals surface area (Å²) in [6, 6.07) is 7.96. The first kappa shape index (κ1) is 10.2. The minimum atomic E-state index is 0.175. The highest BCUT2D eigenvalue weighted by atomic mass is 32.1. The molecule has 1 aliphatic heterocycles. The van der Waals surface area contributed by atoms with E-state index < -0.39 is 0 Å². The zero-order chi connectivity index (χ0) is 10.8. The summed E-state index contributed by atoms with van der Waals surface area (Å²) in [6.45, 7) is 3.48. The number of fused-ring (bicyclic) bond motifs is 1. The Kier molecular flexibility index (Phi) is 2.77. The van der Waals surface area contributed by atoms with Crippen LogP contribution in [0.5, 0.6) is 5.75 Å². The fourth-order valence-corrected chi connectivity index (χ4v) is 1.97. The van der Waals surface area contributed by atoms with Gasteiger partial charge in [0.1, 0.15) is 11.9 Å². The molecule has 1 aromatic rings. The van der Waals surface area contributed by atoms with Crippen LogP contribution < -0.4 is 15.4 Å². The van der Waals surface area contributed by atoms with Crippen molar-refractivity contribution in [2.45, 2.75) is 13.0 Å².